The number of hydrogen-bond acceptors (Lipinski definition) is 4. The van der Waals surface area contributed by atoms with Gasteiger partial charge in [0.25, 0.3) is 5.91 Å². The first-order chi connectivity index (χ1) is 10.7. The summed E-state index contributed by atoms with van der Waals surface area (Å²) in [5.74, 6) is -1.62. The van der Waals surface area contributed by atoms with Gasteiger partial charge in [-0.2, -0.15) is 13.2 Å². The first kappa shape index (κ1) is 19.5. The molecule has 23 heavy (non-hydrogen) atoms. The highest BCUT2D eigenvalue weighted by atomic mass is 35.5. The quantitative estimate of drug-likeness (QED) is 0.451. The minimum atomic E-state index is -4.56. The van der Waals surface area contributed by atoms with Gasteiger partial charge in [-0.3, -0.25) is 14.4 Å². The number of rotatable bonds is 7. The molecule has 1 amide bonds. The molecule has 0 heterocycles. The highest BCUT2D eigenvalue weighted by molar-refractivity contribution is 6.36. The van der Waals surface area contributed by atoms with Crippen LogP contribution in [0.2, 0.25) is 10.0 Å². The first-order valence-electron chi connectivity index (χ1n) is 6.28. The van der Waals surface area contributed by atoms with Crippen molar-refractivity contribution in [2.45, 2.75) is 19.0 Å². The van der Waals surface area contributed by atoms with Crippen LogP contribution < -0.4 is 5.48 Å². The number of carbonyl (C=O) groups excluding carboxylic acids is 2. The average Bonchev–Trinajstić information content (AvgIpc) is 2.43. The van der Waals surface area contributed by atoms with Crippen LogP contribution in [0, 0.1) is 0 Å². The number of hydrogen-bond donors (Lipinski definition) is 1. The molecular weight excluding hydrogens is 362 g/mol. The van der Waals surface area contributed by atoms with E-state index in [1.54, 1.807) is 0 Å². The summed E-state index contributed by atoms with van der Waals surface area (Å²) in [6, 6.07) is 4.26. The molecule has 0 bridgehead atoms. The fourth-order valence-electron chi connectivity index (χ4n) is 1.37. The Hall–Kier alpha value is -1.51. The summed E-state index contributed by atoms with van der Waals surface area (Å²) in [5, 5.41) is 0.499. The highest BCUT2D eigenvalue weighted by Crippen LogP contribution is 2.20. The molecule has 1 aromatic rings. The molecule has 0 saturated carbocycles. The number of nitrogens with one attached hydrogen (secondary N) is 1. The monoisotopic (exact) mass is 373 g/mol. The van der Waals surface area contributed by atoms with Crippen LogP contribution in [-0.2, 0) is 14.4 Å². The minimum Gasteiger partial charge on any atom is -0.456 e. The minimum absolute atomic E-state index is 0.0747. The van der Waals surface area contributed by atoms with E-state index < -0.39 is 24.7 Å². The van der Waals surface area contributed by atoms with Gasteiger partial charge in [-0.1, -0.05) is 23.2 Å². The number of alkyl halides is 3. The van der Waals surface area contributed by atoms with Crippen molar-refractivity contribution >= 4 is 35.1 Å². The van der Waals surface area contributed by atoms with E-state index in [-0.39, 0.29) is 30.0 Å². The van der Waals surface area contributed by atoms with E-state index in [2.05, 4.69) is 10.2 Å². The van der Waals surface area contributed by atoms with Crippen molar-refractivity contribution in [3.8, 4) is 0 Å². The Morgan fingerprint density at radius 2 is 1.91 bits per heavy atom. The van der Waals surface area contributed by atoms with Gasteiger partial charge in [0.05, 0.1) is 17.2 Å². The Kier molecular flexibility index (Phi) is 7.60. The molecule has 128 valence electrons. The summed E-state index contributed by atoms with van der Waals surface area (Å²) in [7, 11) is 0. The lowest BCUT2D eigenvalue weighted by Crippen LogP contribution is -2.25. The van der Waals surface area contributed by atoms with E-state index in [4.69, 9.17) is 28.0 Å². The van der Waals surface area contributed by atoms with Gasteiger partial charge in [0, 0.05) is 11.4 Å². The average molecular weight is 374 g/mol. The van der Waals surface area contributed by atoms with Crippen molar-refractivity contribution in [1.29, 1.82) is 0 Å². The molecule has 1 rings (SSSR count). The van der Waals surface area contributed by atoms with Crippen LogP contribution >= 0.6 is 23.2 Å². The number of amides is 1. The number of ether oxygens (including phenoxy) is 1. The normalized spacial score (nSPS) is 11.2. The zero-order valence-electron chi connectivity index (χ0n) is 11.6. The van der Waals surface area contributed by atoms with Crippen LogP contribution in [0.25, 0.3) is 0 Å². The highest BCUT2D eigenvalue weighted by Gasteiger charge is 2.29. The smallest absolute Gasteiger partial charge is 0.422 e. The Bertz CT molecular complexity index is 567. The summed E-state index contributed by atoms with van der Waals surface area (Å²) in [5.41, 5.74) is 2.23. The fourth-order valence-corrected chi connectivity index (χ4v) is 1.86. The lowest BCUT2D eigenvalue weighted by Gasteiger charge is -2.08. The van der Waals surface area contributed by atoms with Crippen LogP contribution in [0.5, 0.6) is 0 Å². The van der Waals surface area contributed by atoms with Crippen LogP contribution in [-0.4, -0.2) is 31.3 Å². The molecule has 1 aromatic carbocycles. The topological polar surface area (TPSA) is 64.6 Å². The van der Waals surface area contributed by atoms with E-state index in [9.17, 15) is 22.8 Å². The second-order valence-electron chi connectivity index (χ2n) is 4.28. The van der Waals surface area contributed by atoms with E-state index >= 15 is 0 Å². The van der Waals surface area contributed by atoms with Gasteiger partial charge in [-0.15, -0.1) is 0 Å². The lowest BCUT2D eigenvalue weighted by atomic mass is 10.2. The van der Waals surface area contributed by atoms with Gasteiger partial charge < -0.3 is 4.74 Å². The van der Waals surface area contributed by atoms with Gasteiger partial charge in [-0.25, -0.2) is 5.48 Å². The van der Waals surface area contributed by atoms with E-state index in [0.29, 0.717) is 5.02 Å². The van der Waals surface area contributed by atoms with Crippen molar-refractivity contribution in [1.82, 2.24) is 5.48 Å². The predicted molar refractivity (Wildman–Crippen MR) is 76.1 cm³/mol. The molecule has 5 nitrogen and oxygen atoms in total. The van der Waals surface area contributed by atoms with E-state index in [0.717, 1.165) is 0 Å². The third-order valence-corrected chi connectivity index (χ3v) is 2.91. The molecule has 0 atom stereocenters. The number of benzene rings is 1. The second-order valence-corrected chi connectivity index (χ2v) is 5.13. The largest absolute Gasteiger partial charge is 0.456 e. The molecule has 0 unspecified atom stereocenters. The number of esters is 1. The van der Waals surface area contributed by atoms with E-state index in [1.165, 1.54) is 18.2 Å². The van der Waals surface area contributed by atoms with Crippen LogP contribution in [0.4, 0.5) is 13.2 Å². The maximum absolute atomic E-state index is 11.8. The Morgan fingerprint density at radius 3 is 2.52 bits per heavy atom. The van der Waals surface area contributed by atoms with E-state index in [1.807, 2.05) is 0 Å². The zero-order chi connectivity index (χ0) is 17.5. The van der Waals surface area contributed by atoms with Gasteiger partial charge in [-0.05, 0) is 24.6 Å². The summed E-state index contributed by atoms with van der Waals surface area (Å²) < 4.78 is 39.4. The summed E-state index contributed by atoms with van der Waals surface area (Å²) in [6.45, 7) is -1.71. The summed E-state index contributed by atoms with van der Waals surface area (Å²) in [6.07, 6.45) is -4.75. The molecule has 0 aromatic heterocycles. The van der Waals surface area contributed by atoms with Crippen LogP contribution in [0.15, 0.2) is 18.2 Å². The predicted octanol–water partition coefficient (Wildman–Crippen LogP) is 3.54. The maximum Gasteiger partial charge on any atom is 0.422 e. The summed E-state index contributed by atoms with van der Waals surface area (Å²) in [4.78, 5) is 27.5. The Balaban J connectivity index is 2.22. The van der Waals surface area contributed by atoms with Gasteiger partial charge in [0.15, 0.2) is 6.61 Å². The number of halogens is 5. The Labute approximate surface area is 139 Å². The fraction of sp³-hybridized carbons (Fsp3) is 0.385. The van der Waals surface area contributed by atoms with Crippen molar-refractivity contribution < 1.29 is 32.3 Å². The molecule has 0 fully saturated rings. The molecule has 0 aliphatic heterocycles. The molecule has 0 aliphatic rings. The van der Waals surface area contributed by atoms with Crippen molar-refractivity contribution in [2.75, 3.05) is 13.2 Å². The zero-order valence-corrected chi connectivity index (χ0v) is 13.1. The molecule has 0 radical (unpaired) electrons. The maximum atomic E-state index is 11.8. The molecule has 1 N–H and O–H groups in total. The Morgan fingerprint density at radius 1 is 1.22 bits per heavy atom. The van der Waals surface area contributed by atoms with Crippen molar-refractivity contribution in [3.05, 3.63) is 33.8 Å². The third kappa shape index (κ3) is 8.06. The standard InChI is InChI=1S/C13H12Cl2F3NO4/c14-8-3-4-9(10(15)6-8)12(21)19-23-5-1-2-11(20)22-7-13(16,17)18/h3-4,6H,1-2,5,7H2,(H,19,21). The summed E-state index contributed by atoms with van der Waals surface area (Å²) >= 11 is 11.5. The van der Waals surface area contributed by atoms with Gasteiger partial charge in [0.2, 0.25) is 0 Å². The molecular formula is C13H12Cl2F3NO4. The first-order valence-corrected chi connectivity index (χ1v) is 7.04. The van der Waals surface area contributed by atoms with Gasteiger partial charge >= 0.3 is 12.1 Å². The molecule has 10 heteroatoms. The lowest BCUT2D eigenvalue weighted by molar-refractivity contribution is -0.186. The molecule has 0 aliphatic carbocycles. The van der Waals surface area contributed by atoms with Gasteiger partial charge in [0.1, 0.15) is 0 Å². The second kappa shape index (κ2) is 8.95. The number of carbonyl (C=O) groups is 2. The SMILES string of the molecule is O=C(CCCONC(=O)c1ccc(Cl)cc1Cl)OCC(F)(F)F. The molecule has 0 spiro atoms. The van der Waals surface area contributed by atoms with Crippen LogP contribution in [0.3, 0.4) is 0 Å². The van der Waals surface area contributed by atoms with Crippen molar-refractivity contribution in [2.24, 2.45) is 0 Å². The van der Waals surface area contributed by atoms with Crippen molar-refractivity contribution in [3.63, 3.8) is 0 Å². The van der Waals surface area contributed by atoms with Crippen LogP contribution in [0.1, 0.15) is 23.2 Å². The molecule has 0 saturated heterocycles. The number of hydroxylamine groups is 1. The third-order valence-electron chi connectivity index (χ3n) is 2.36.